The third kappa shape index (κ3) is 49.6. The molecule has 0 aromatic carbocycles. The van der Waals surface area contributed by atoms with Gasteiger partial charge in [-0.3, -0.25) is 0 Å². The molecule has 0 saturated carbocycles. The lowest BCUT2D eigenvalue weighted by atomic mass is 10.6. The van der Waals surface area contributed by atoms with E-state index in [1.807, 2.05) is 13.8 Å². The Morgan fingerprint density at radius 3 is 1.20 bits per heavy atom. The first-order chi connectivity index (χ1) is 6.95. The van der Waals surface area contributed by atoms with Crippen molar-refractivity contribution in [1.29, 1.82) is 0 Å². The van der Waals surface area contributed by atoms with E-state index in [1.165, 1.54) is 0 Å². The van der Waals surface area contributed by atoms with Crippen molar-refractivity contribution in [3.8, 4) is 0 Å². The summed E-state index contributed by atoms with van der Waals surface area (Å²) in [7, 11) is 0. The maximum Gasteiger partial charge on any atom is 0.107 e. The van der Waals surface area contributed by atoms with E-state index in [0.717, 1.165) is 12.8 Å². The van der Waals surface area contributed by atoms with Crippen molar-refractivity contribution in [2.24, 2.45) is 0 Å². The minimum absolute atomic E-state index is 0.122. The summed E-state index contributed by atoms with van der Waals surface area (Å²) < 4.78 is 0. The van der Waals surface area contributed by atoms with Crippen molar-refractivity contribution in [3.63, 3.8) is 0 Å². The zero-order valence-electron chi connectivity index (χ0n) is 8.96. The van der Waals surface area contributed by atoms with Crippen LogP contribution in [0.1, 0.15) is 26.7 Å². The highest BCUT2D eigenvalue weighted by Crippen LogP contribution is 2.03. The molecule has 0 aromatic heterocycles. The van der Waals surface area contributed by atoms with Gasteiger partial charge in [-0.2, -0.15) is 0 Å². The Labute approximate surface area is 123 Å². The van der Waals surface area contributed by atoms with Gasteiger partial charge in [0.15, 0.2) is 0 Å². The molecule has 96 valence electrons. The lowest BCUT2D eigenvalue weighted by Gasteiger charge is -1.85. The lowest BCUT2D eigenvalue weighted by Crippen LogP contribution is -1.87. The Morgan fingerprint density at radius 1 is 0.933 bits per heavy atom. The topological polar surface area (TPSA) is 0 Å². The minimum atomic E-state index is -0.171. The summed E-state index contributed by atoms with van der Waals surface area (Å²) >= 11 is 31.4. The molecular formula is C9H18Cl6. The second kappa shape index (κ2) is 21.1. The van der Waals surface area contributed by atoms with Crippen molar-refractivity contribution in [2.75, 3.05) is 17.6 Å². The van der Waals surface area contributed by atoms with Gasteiger partial charge in [0.05, 0.1) is 0 Å². The molecule has 0 aliphatic heterocycles. The zero-order chi connectivity index (χ0) is 12.7. The number of halogens is 6. The van der Waals surface area contributed by atoms with Crippen LogP contribution in [-0.4, -0.2) is 27.9 Å². The monoisotopic (exact) mass is 336 g/mol. The molecule has 0 bridgehead atoms. The van der Waals surface area contributed by atoms with E-state index in [1.54, 1.807) is 0 Å². The Morgan fingerprint density at radius 2 is 1.20 bits per heavy atom. The Hall–Kier alpha value is 1.74. The fraction of sp³-hybridized carbons (Fsp3) is 1.00. The van der Waals surface area contributed by atoms with E-state index in [0.29, 0.717) is 17.6 Å². The average molecular weight is 339 g/mol. The van der Waals surface area contributed by atoms with Gasteiger partial charge in [0.1, 0.15) is 4.84 Å². The SMILES string of the molecule is CC(Cl)CCl.CCC(Cl)Cl.ClCCCCl. The average Bonchev–Trinajstić information content (AvgIpc) is 2.20. The number of rotatable bonds is 4. The van der Waals surface area contributed by atoms with Gasteiger partial charge >= 0.3 is 0 Å². The highest BCUT2D eigenvalue weighted by Gasteiger charge is 1.86. The molecule has 0 aliphatic rings. The summed E-state index contributed by atoms with van der Waals surface area (Å²) in [6, 6.07) is 0. The van der Waals surface area contributed by atoms with Crippen molar-refractivity contribution < 1.29 is 0 Å². The summed E-state index contributed by atoms with van der Waals surface area (Å²) in [4.78, 5) is -0.171. The maximum atomic E-state index is 5.33. The molecule has 0 aromatic rings. The molecule has 0 heterocycles. The van der Waals surface area contributed by atoms with Gasteiger partial charge in [0.2, 0.25) is 0 Å². The Kier molecular flexibility index (Phi) is 30.9. The Bertz CT molecular complexity index is 76.7. The van der Waals surface area contributed by atoms with E-state index in [9.17, 15) is 0 Å². The third-order valence-electron chi connectivity index (χ3n) is 0.788. The molecule has 6 heteroatoms. The van der Waals surface area contributed by atoms with Crippen molar-refractivity contribution in [3.05, 3.63) is 0 Å². The van der Waals surface area contributed by atoms with Crippen molar-refractivity contribution in [2.45, 2.75) is 36.9 Å². The van der Waals surface area contributed by atoms with Gasteiger partial charge in [0, 0.05) is 23.0 Å². The van der Waals surface area contributed by atoms with Crippen LogP contribution in [0.2, 0.25) is 0 Å². The standard InChI is InChI=1S/3C3H6Cl2/c1-3(5)2-4;1-2-3(4)5;4-2-1-3-5/h2*3H,2H2,1H3;1-3H2. The Balaban J connectivity index is -0.000000144. The van der Waals surface area contributed by atoms with Crippen molar-refractivity contribution in [1.82, 2.24) is 0 Å². The van der Waals surface area contributed by atoms with Gasteiger partial charge in [0.25, 0.3) is 0 Å². The second-order valence-electron chi connectivity index (χ2n) is 2.47. The third-order valence-corrected chi connectivity index (χ3v) is 2.72. The molecule has 15 heavy (non-hydrogen) atoms. The van der Waals surface area contributed by atoms with Crippen LogP contribution in [0, 0.1) is 0 Å². The van der Waals surface area contributed by atoms with Crippen LogP contribution in [-0.2, 0) is 0 Å². The number of hydrogen-bond acceptors (Lipinski definition) is 0. The van der Waals surface area contributed by atoms with Gasteiger partial charge in [-0.15, -0.1) is 69.6 Å². The fourth-order valence-electron chi connectivity index (χ4n) is 0.0505. The van der Waals surface area contributed by atoms with Gasteiger partial charge < -0.3 is 0 Å². The smallest absolute Gasteiger partial charge is 0.107 e. The molecule has 0 N–H and O–H groups in total. The van der Waals surface area contributed by atoms with Gasteiger partial charge in [-0.25, -0.2) is 0 Å². The van der Waals surface area contributed by atoms with Crippen LogP contribution in [0.25, 0.3) is 0 Å². The van der Waals surface area contributed by atoms with Crippen LogP contribution in [0.3, 0.4) is 0 Å². The molecule has 0 rings (SSSR count). The van der Waals surface area contributed by atoms with E-state index in [-0.39, 0.29) is 10.2 Å². The summed E-state index contributed by atoms with van der Waals surface area (Å²) in [5, 5.41) is 0.122. The first-order valence-electron chi connectivity index (χ1n) is 4.56. The van der Waals surface area contributed by atoms with Gasteiger partial charge in [-0.1, -0.05) is 6.92 Å². The molecule has 1 atom stereocenters. The normalized spacial score (nSPS) is 11.0. The van der Waals surface area contributed by atoms with E-state index < -0.39 is 0 Å². The van der Waals surface area contributed by atoms with E-state index in [2.05, 4.69) is 0 Å². The quantitative estimate of drug-likeness (QED) is 0.559. The molecule has 0 spiro atoms. The van der Waals surface area contributed by atoms with Crippen LogP contribution in [0.5, 0.6) is 0 Å². The predicted octanol–water partition coefficient (Wildman–Crippen LogP) is 5.91. The highest BCUT2D eigenvalue weighted by molar-refractivity contribution is 6.44. The predicted molar refractivity (Wildman–Crippen MR) is 77.9 cm³/mol. The molecule has 0 fully saturated rings. The summed E-state index contributed by atoms with van der Waals surface area (Å²) in [5.74, 6) is 1.91. The van der Waals surface area contributed by atoms with Gasteiger partial charge in [-0.05, 0) is 19.8 Å². The van der Waals surface area contributed by atoms with E-state index in [4.69, 9.17) is 69.6 Å². The van der Waals surface area contributed by atoms with Crippen LogP contribution in [0.15, 0.2) is 0 Å². The number of hydrogen-bond donors (Lipinski definition) is 0. The van der Waals surface area contributed by atoms with E-state index >= 15 is 0 Å². The zero-order valence-corrected chi connectivity index (χ0v) is 13.5. The molecule has 0 nitrogen and oxygen atoms in total. The highest BCUT2D eigenvalue weighted by atomic mass is 35.5. The molecule has 0 aliphatic carbocycles. The minimum Gasteiger partial charge on any atom is -0.127 e. The molecular weight excluding hydrogens is 321 g/mol. The second-order valence-corrected chi connectivity index (χ2v) is 5.55. The number of alkyl halides is 6. The van der Waals surface area contributed by atoms with Crippen LogP contribution < -0.4 is 0 Å². The molecule has 0 amide bonds. The molecule has 0 saturated heterocycles. The first-order valence-corrected chi connectivity index (χ1v) is 7.47. The summed E-state index contributed by atoms with van der Waals surface area (Å²) in [6.45, 7) is 3.79. The maximum absolute atomic E-state index is 5.33. The first kappa shape index (κ1) is 22.0. The molecule has 1 unspecified atom stereocenters. The van der Waals surface area contributed by atoms with Crippen molar-refractivity contribution >= 4 is 69.6 Å². The fourth-order valence-corrected chi connectivity index (χ4v) is 0.455. The summed E-state index contributed by atoms with van der Waals surface area (Å²) in [6.07, 6.45) is 1.76. The van der Waals surface area contributed by atoms with Crippen LogP contribution in [0.4, 0.5) is 0 Å². The summed E-state index contributed by atoms with van der Waals surface area (Å²) in [5.41, 5.74) is 0. The van der Waals surface area contributed by atoms with Crippen LogP contribution >= 0.6 is 69.6 Å². The molecule has 0 radical (unpaired) electrons. The largest absolute Gasteiger partial charge is 0.127 e. The lowest BCUT2D eigenvalue weighted by molar-refractivity contribution is 1.04.